The van der Waals surface area contributed by atoms with E-state index in [-0.39, 0.29) is 5.56 Å². The number of aromatic nitrogens is 6. The molecule has 4 aromatic carbocycles. The molecule has 0 aliphatic carbocycles. The number of benzene rings is 4. The molecule has 0 atom stereocenters. The molecule has 234 valence electrons. The van der Waals surface area contributed by atoms with E-state index in [1.165, 1.54) is 23.9 Å². The first kappa shape index (κ1) is 29.5. The second-order valence-corrected chi connectivity index (χ2v) is 11.9. The summed E-state index contributed by atoms with van der Waals surface area (Å²) in [5, 5.41) is 13.9. The zero-order valence-electron chi connectivity index (χ0n) is 25.5. The number of rotatable bonds is 8. The summed E-state index contributed by atoms with van der Waals surface area (Å²) in [6, 6.07) is 37.6. The molecule has 0 bridgehead atoms. The topological polar surface area (TPSA) is 74.0 Å². The zero-order valence-corrected chi connectivity index (χ0v) is 26.4. The van der Waals surface area contributed by atoms with E-state index in [2.05, 4.69) is 51.6 Å². The smallest absolute Gasteiger partial charge is 0.276 e. The predicted molar refractivity (Wildman–Crippen MR) is 181 cm³/mol. The fraction of sp³-hybridized carbons (Fsp3) is 0.0526. The molecule has 4 aromatic heterocycles. The molecule has 0 N–H and O–H groups in total. The molecule has 8 aromatic rings. The lowest BCUT2D eigenvalue weighted by Gasteiger charge is -2.36. The highest BCUT2D eigenvalue weighted by atomic mass is 32.2. The molecule has 0 saturated carbocycles. The molecule has 48 heavy (non-hydrogen) atoms. The fourth-order valence-electron chi connectivity index (χ4n) is 6.27. The molecule has 7 nitrogen and oxygen atoms in total. The van der Waals surface area contributed by atoms with Crippen molar-refractivity contribution >= 4 is 17.4 Å². The Morgan fingerprint density at radius 1 is 0.708 bits per heavy atom. The maximum Gasteiger partial charge on any atom is 0.276 e. The molecular formula is C38H26F2N6OS. The van der Waals surface area contributed by atoms with E-state index in [0.717, 1.165) is 28.3 Å². The summed E-state index contributed by atoms with van der Waals surface area (Å²) < 4.78 is 39.5. The quantitative estimate of drug-likeness (QED) is 0.121. The average Bonchev–Trinajstić information content (AvgIpc) is 3.89. The molecule has 0 unspecified atom stereocenters. The summed E-state index contributed by atoms with van der Waals surface area (Å²) in [6.45, 7) is 0. The second-order valence-electron chi connectivity index (χ2n) is 11.1. The number of imidazole rings is 1. The SMILES string of the molecule is CSc1nnc(-c2cnc3ccc(-c4cn(C(c5ccccc5)(c5ccccc5)c5ccccc5)nc4-c4ccc(F)cc4F)cn23)o1. The molecule has 0 fully saturated rings. The number of hydrogen-bond donors (Lipinski definition) is 0. The van der Waals surface area contributed by atoms with Crippen molar-refractivity contribution in [2.45, 2.75) is 10.8 Å². The van der Waals surface area contributed by atoms with Crippen molar-refractivity contribution in [1.82, 2.24) is 29.4 Å². The first-order chi connectivity index (χ1) is 23.6. The largest absolute Gasteiger partial charge is 0.410 e. The van der Waals surface area contributed by atoms with Crippen LogP contribution >= 0.6 is 11.8 Å². The molecule has 0 amide bonds. The minimum Gasteiger partial charge on any atom is -0.410 e. The van der Waals surface area contributed by atoms with E-state index in [4.69, 9.17) is 9.52 Å². The molecule has 0 radical (unpaired) electrons. The first-order valence-electron chi connectivity index (χ1n) is 15.1. The Hall–Kier alpha value is -5.87. The standard InChI is InChI=1S/C38H26F2N6OS/c1-48-37-43-42-36(47-37)33-22-41-34-20-17-25(23-45(33)34)31-24-46(44-35(31)30-19-18-29(39)21-32(30)40)38(26-11-5-2-6-12-26,27-13-7-3-8-14-27)28-15-9-4-10-16-28/h2-24H,1H3. The lowest BCUT2D eigenvalue weighted by atomic mass is 9.77. The van der Waals surface area contributed by atoms with Gasteiger partial charge in [0.15, 0.2) is 0 Å². The molecule has 0 aliphatic heterocycles. The van der Waals surface area contributed by atoms with E-state index in [9.17, 15) is 4.39 Å². The van der Waals surface area contributed by atoms with Crippen LogP contribution in [-0.2, 0) is 5.54 Å². The minimum absolute atomic E-state index is 0.167. The number of thioether (sulfide) groups is 1. The number of pyridine rings is 1. The van der Waals surface area contributed by atoms with Gasteiger partial charge in [0.05, 0.1) is 6.20 Å². The summed E-state index contributed by atoms with van der Waals surface area (Å²) in [6.07, 6.45) is 7.35. The van der Waals surface area contributed by atoms with E-state index in [1.807, 2.05) is 94.5 Å². The van der Waals surface area contributed by atoms with Crippen molar-refractivity contribution in [2.24, 2.45) is 0 Å². The summed E-state index contributed by atoms with van der Waals surface area (Å²) in [7, 11) is 0. The highest BCUT2D eigenvalue weighted by molar-refractivity contribution is 7.98. The van der Waals surface area contributed by atoms with Gasteiger partial charge in [-0.15, -0.1) is 10.2 Å². The maximum absolute atomic E-state index is 15.7. The van der Waals surface area contributed by atoms with Crippen LogP contribution in [0.4, 0.5) is 8.78 Å². The number of hydrogen-bond acceptors (Lipinski definition) is 6. The Labute approximate surface area is 278 Å². The van der Waals surface area contributed by atoms with Crippen LogP contribution in [0.25, 0.3) is 39.6 Å². The fourth-order valence-corrected chi connectivity index (χ4v) is 6.55. The van der Waals surface area contributed by atoms with E-state index in [1.54, 1.807) is 6.20 Å². The summed E-state index contributed by atoms with van der Waals surface area (Å²) >= 11 is 1.35. The van der Waals surface area contributed by atoms with Gasteiger partial charge in [0.2, 0.25) is 0 Å². The number of halogens is 2. The second kappa shape index (κ2) is 12.1. The van der Waals surface area contributed by atoms with E-state index >= 15 is 4.39 Å². The summed E-state index contributed by atoms with van der Waals surface area (Å²) in [5.74, 6) is -1.06. The van der Waals surface area contributed by atoms with Gasteiger partial charge < -0.3 is 4.42 Å². The van der Waals surface area contributed by atoms with Gasteiger partial charge >= 0.3 is 0 Å². The minimum atomic E-state index is -0.963. The van der Waals surface area contributed by atoms with Gasteiger partial charge in [-0.05, 0) is 47.2 Å². The molecule has 8 rings (SSSR count). The van der Waals surface area contributed by atoms with Gasteiger partial charge in [0, 0.05) is 35.2 Å². The van der Waals surface area contributed by atoms with Gasteiger partial charge in [-0.2, -0.15) is 5.10 Å². The molecule has 10 heteroatoms. The molecule has 4 heterocycles. The normalized spacial score (nSPS) is 11.7. The lowest BCUT2D eigenvalue weighted by molar-refractivity contribution is 0.461. The van der Waals surface area contributed by atoms with Crippen LogP contribution in [0.1, 0.15) is 16.7 Å². The van der Waals surface area contributed by atoms with E-state index < -0.39 is 17.2 Å². The Kier molecular flexibility index (Phi) is 7.41. The first-order valence-corrected chi connectivity index (χ1v) is 16.4. The van der Waals surface area contributed by atoms with Crippen LogP contribution in [0.15, 0.2) is 150 Å². The van der Waals surface area contributed by atoms with Crippen molar-refractivity contribution in [3.05, 3.63) is 168 Å². The van der Waals surface area contributed by atoms with Gasteiger partial charge in [-0.1, -0.05) is 103 Å². The summed E-state index contributed by atoms with van der Waals surface area (Å²) in [5.41, 5.74) is 5.03. The number of fused-ring (bicyclic) bond motifs is 1. The zero-order chi connectivity index (χ0) is 32.7. The maximum atomic E-state index is 15.7. The lowest BCUT2D eigenvalue weighted by Crippen LogP contribution is -2.38. The molecular weight excluding hydrogens is 627 g/mol. The van der Waals surface area contributed by atoms with E-state index in [0.29, 0.717) is 33.7 Å². The third-order valence-electron chi connectivity index (χ3n) is 8.44. The summed E-state index contributed by atoms with van der Waals surface area (Å²) in [4.78, 5) is 4.54. The van der Waals surface area contributed by atoms with Crippen molar-refractivity contribution in [1.29, 1.82) is 0 Å². The monoisotopic (exact) mass is 652 g/mol. The Morgan fingerprint density at radius 2 is 1.35 bits per heavy atom. The highest BCUT2D eigenvalue weighted by Gasteiger charge is 2.40. The van der Waals surface area contributed by atoms with Gasteiger partial charge in [-0.3, -0.25) is 9.08 Å². The van der Waals surface area contributed by atoms with Gasteiger partial charge in [0.25, 0.3) is 11.1 Å². The Bertz CT molecular complexity index is 2270. The van der Waals surface area contributed by atoms with Crippen LogP contribution < -0.4 is 0 Å². The molecule has 0 saturated heterocycles. The Balaban J connectivity index is 1.43. The Morgan fingerprint density at radius 3 is 1.94 bits per heavy atom. The van der Waals surface area contributed by atoms with Gasteiger partial charge in [-0.25, -0.2) is 13.8 Å². The third-order valence-corrected chi connectivity index (χ3v) is 8.95. The van der Waals surface area contributed by atoms with Crippen LogP contribution in [0.5, 0.6) is 0 Å². The molecule has 0 aliphatic rings. The van der Waals surface area contributed by atoms with Crippen LogP contribution in [0.3, 0.4) is 0 Å². The van der Waals surface area contributed by atoms with Crippen LogP contribution in [0.2, 0.25) is 0 Å². The van der Waals surface area contributed by atoms with Crippen molar-refractivity contribution in [3.8, 4) is 34.0 Å². The average molecular weight is 653 g/mol. The molecule has 0 spiro atoms. The predicted octanol–water partition coefficient (Wildman–Crippen LogP) is 8.76. The van der Waals surface area contributed by atoms with Crippen molar-refractivity contribution < 1.29 is 13.2 Å². The third kappa shape index (κ3) is 4.89. The van der Waals surface area contributed by atoms with Crippen LogP contribution in [0, 0.1) is 11.6 Å². The highest BCUT2D eigenvalue weighted by Crippen LogP contribution is 2.43. The van der Waals surface area contributed by atoms with Crippen LogP contribution in [-0.4, -0.2) is 35.6 Å². The van der Waals surface area contributed by atoms with Gasteiger partial charge in [0.1, 0.15) is 34.2 Å². The van der Waals surface area contributed by atoms with Crippen molar-refractivity contribution in [2.75, 3.05) is 6.26 Å². The number of nitrogens with zero attached hydrogens (tertiary/aromatic N) is 6. The van der Waals surface area contributed by atoms with Crippen molar-refractivity contribution in [3.63, 3.8) is 0 Å².